The van der Waals surface area contributed by atoms with E-state index in [1.54, 1.807) is 5.38 Å². The number of carbonyl (C=O) groups is 1. The number of anilines is 1. The lowest BCUT2D eigenvalue weighted by atomic mass is 10.0. The maximum Gasteiger partial charge on any atom is 0.434 e. The number of alkyl halides is 3. The van der Waals surface area contributed by atoms with Crippen LogP contribution in [0.4, 0.5) is 22.7 Å². The molecule has 0 unspecified atom stereocenters. The van der Waals surface area contributed by atoms with Crippen molar-refractivity contribution in [3.05, 3.63) is 82.2 Å². The third-order valence-corrected chi connectivity index (χ3v) is 5.49. The van der Waals surface area contributed by atoms with Crippen molar-refractivity contribution in [1.82, 2.24) is 14.8 Å². The molecule has 0 fully saturated rings. The van der Waals surface area contributed by atoms with Gasteiger partial charge in [0.1, 0.15) is 5.82 Å². The molecular formula is C22H16F4N4OS. The molecule has 32 heavy (non-hydrogen) atoms. The van der Waals surface area contributed by atoms with E-state index in [2.05, 4.69) is 15.4 Å². The largest absolute Gasteiger partial charge is 0.434 e. The maximum atomic E-state index is 13.8. The summed E-state index contributed by atoms with van der Waals surface area (Å²) < 4.78 is 55.1. The second-order valence-corrected chi connectivity index (χ2v) is 7.96. The summed E-state index contributed by atoms with van der Waals surface area (Å²) in [5, 5.41) is 8.02. The molecule has 4 aromatic rings. The second kappa shape index (κ2) is 8.19. The predicted molar refractivity (Wildman–Crippen MR) is 114 cm³/mol. The molecule has 0 aliphatic heterocycles. The Morgan fingerprint density at radius 1 is 1.09 bits per heavy atom. The highest BCUT2D eigenvalue weighted by Gasteiger charge is 2.40. The third kappa shape index (κ3) is 4.26. The number of nitrogens with zero attached hydrogens (tertiary/aromatic N) is 3. The Morgan fingerprint density at radius 3 is 2.47 bits per heavy atom. The Kier molecular flexibility index (Phi) is 5.55. The average molecular weight is 460 g/mol. The number of carbonyl (C=O) groups excluding carboxylic acids is 1. The molecule has 2 aromatic heterocycles. The van der Waals surface area contributed by atoms with E-state index in [1.807, 2.05) is 32.0 Å². The van der Waals surface area contributed by atoms with Crippen molar-refractivity contribution in [3.63, 3.8) is 0 Å². The van der Waals surface area contributed by atoms with E-state index in [9.17, 15) is 22.4 Å². The first-order valence-corrected chi connectivity index (χ1v) is 10.3. The minimum absolute atomic E-state index is 0.0239. The highest BCUT2D eigenvalue weighted by molar-refractivity contribution is 7.14. The average Bonchev–Trinajstić information content (AvgIpc) is 3.36. The second-order valence-electron chi connectivity index (χ2n) is 7.10. The van der Waals surface area contributed by atoms with Crippen LogP contribution in [0.2, 0.25) is 0 Å². The van der Waals surface area contributed by atoms with Crippen LogP contribution in [0.25, 0.3) is 16.9 Å². The van der Waals surface area contributed by atoms with Gasteiger partial charge < -0.3 is 0 Å². The van der Waals surface area contributed by atoms with Crippen molar-refractivity contribution >= 4 is 22.4 Å². The molecule has 1 N–H and O–H groups in total. The lowest BCUT2D eigenvalue weighted by Crippen LogP contribution is -2.20. The molecule has 0 saturated heterocycles. The molecular weight excluding hydrogens is 444 g/mol. The first-order chi connectivity index (χ1) is 15.1. The quantitative estimate of drug-likeness (QED) is 0.379. The van der Waals surface area contributed by atoms with Crippen LogP contribution in [-0.4, -0.2) is 20.7 Å². The summed E-state index contributed by atoms with van der Waals surface area (Å²) in [5.74, 6) is -1.59. The fourth-order valence-corrected chi connectivity index (χ4v) is 3.99. The number of halogens is 4. The molecule has 0 aliphatic carbocycles. The zero-order chi connectivity index (χ0) is 23.0. The van der Waals surface area contributed by atoms with E-state index in [1.165, 1.54) is 0 Å². The highest BCUT2D eigenvalue weighted by atomic mass is 32.1. The van der Waals surface area contributed by atoms with Crippen molar-refractivity contribution in [2.24, 2.45) is 0 Å². The normalized spacial score (nSPS) is 11.6. The van der Waals surface area contributed by atoms with E-state index >= 15 is 0 Å². The summed E-state index contributed by atoms with van der Waals surface area (Å²) in [4.78, 5) is 17.0. The molecule has 0 atom stereocenters. The van der Waals surface area contributed by atoms with Crippen molar-refractivity contribution in [3.8, 4) is 16.9 Å². The zero-order valence-corrected chi connectivity index (χ0v) is 17.7. The van der Waals surface area contributed by atoms with Gasteiger partial charge in [-0.15, -0.1) is 11.3 Å². The number of nitrogens with one attached hydrogen (secondary N) is 1. The Labute approximate surface area is 184 Å². The number of amides is 1. The van der Waals surface area contributed by atoms with Crippen LogP contribution in [0, 0.1) is 19.7 Å². The van der Waals surface area contributed by atoms with Crippen molar-refractivity contribution < 1.29 is 22.4 Å². The first-order valence-electron chi connectivity index (χ1n) is 9.39. The molecule has 0 spiro atoms. The van der Waals surface area contributed by atoms with E-state index in [-0.39, 0.29) is 10.8 Å². The third-order valence-electron chi connectivity index (χ3n) is 4.74. The lowest BCUT2D eigenvalue weighted by Gasteiger charge is -2.12. The zero-order valence-electron chi connectivity index (χ0n) is 16.9. The molecule has 0 aliphatic rings. The van der Waals surface area contributed by atoms with Gasteiger partial charge in [0.15, 0.2) is 10.8 Å². The van der Waals surface area contributed by atoms with E-state index < -0.39 is 29.2 Å². The monoisotopic (exact) mass is 460 g/mol. The molecule has 1 amide bonds. The first kappa shape index (κ1) is 21.7. The van der Waals surface area contributed by atoms with Gasteiger partial charge >= 0.3 is 6.18 Å². The molecule has 10 heteroatoms. The molecule has 0 saturated carbocycles. The van der Waals surface area contributed by atoms with Gasteiger partial charge in [-0.3, -0.25) is 10.1 Å². The standard InChI is InChI=1S/C22H16F4N4OS/c1-12-3-8-16(13(2)9-12)18-11-32-21(28-18)29-20(31)17-10-27-30(19(17)22(24,25)26)15-6-4-14(23)5-7-15/h3-11H,1-2H3,(H,28,29,31). The number of benzene rings is 2. The van der Waals surface area contributed by atoms with E-state index in [4.69, 9.17) is 0 Å². The van der Waals surface area contributed by atoms with Crippen LogP contribution in [0.5, 0.6) is 0 Å². The minimum atomic E-state index is -4.87. The lowest BCUT2D eigenvalue weighted by molar-refractivity contribution is -0.143. The van der Waals surface area contributed by atoms with Crippen LogP contribution in [0.3, 0.4) is 0 Å². The van der Waals surface area contributed by atoms with Crippen LogP contribution >= 0.6 is 11.3 Å². The smallest absolute Gasteiger partial charge is 0.298 e. The maximum absolute atomic E-state index is 13.8. The van der Waals surface area contributed by atoms with Gasteiger partial charge in [-0.1, -0.05) is 23.8 Å². The van der Waals surface area contributed by atoms with Crippen LogP contribution in [0.1, 0.15) is 27.2 Å². The van der Waals surface area contributed by atoms with Gasteiger partial charge in [-0.2, -0.15) is 18.3 Å². The highest BCUT2D eigenvalue weighted by Crippen LogP contribution is 2.34. The Balaban J connectivity index is 1.64. The fourth-order valence-electron chi connectivity index (χ4n) is 3.29. The summed E-state index contributed by atoms with van der Waals surface area (Å²) >= 11 is 1.11. The van der Waals surface area contributed by atoms with Crippen molar-refractivity contribution in [2.75, 3.05) is 5.32 Å². The topological polar surface area (TPSA) is 59.8 Å². The van der Waals surface area contributed by atoms with Gasteiger partial charge in [0.05, 0.1) is 23.1 Å². The van der Waals surface area contributed by atoms with E-state index in [0.717, 1.165) is 58.5 Å². The molecule has 2 heterocycles. The Morgan fingerprint density at radius 2 is 1.81 bits per heavy atom. The van der Waals surface area contributed by atoms with Crippen molar-refractivity contribution in [2.45, 2.75) is 20.0 Å². The summed E-state index contributed by atoms with van der Waals surface area (Å²) in [6, 6.07) is 10.2. The van der Waals surface area contributed by atoms with Crippen LogP contribution < -0.4 is 5.32 Å². The number of hydrogen-bond donors (Lipinski definition) is 1. The summed E-state index contributed by atoms with van der Waals surface area (Å²) in [7, 11) is 0. The fraction of sp³-hybridized carbons (Fsp3) is 0.136. The van der Waals surface area contributed by atoms with Gasteiger partial charge in [-0.05, 0) is 43.7 Å². The SMILES string of the molecule is Cc1ccc(-c2csc(NC(=O)c3cnn(-c4ccc(F)cc4)c3C(F)(F)F)n2)c(C)c1. The van der Waals surface area contributed by atoms with Gasteiger partial charge in [-0.25, -0.2) is 14.1 Å². The predicted octanol–water partition coefficient (Wildman–Crippen LogP) is 6.02. The van der Waals surface area contributed by atoms with Crippen molar-refractivity contribution in [1.29, 1.82) is 0 Å². The molecule has 4 rings (SSSR count). The number of hydrogen-bond acceptors (Lipinski definition) is 4. The Hall–Kier alpha value is -3.53. The molecule has 5 nitrogen and oxygen atoms in total. The van der Waals surface area contributed by atoms with E-state index in [0.29, 0.717) is 10.4 Å². The molecule has 164 valence electrons. The molecule has 2 aromatic carbocycles. The number of rotatable bonds is 4. The summed E-state index contributed by atoms with van der Waals surface area (Å²) in [6.45, 7) is 3.90. The molecule has 0 radical (unpaired) electrons. The van der Waals surface area contributed by atoms with Gasteiger partial charge in [0.25, 0.3) is 5.91 Å². The summed E-state index contributed by atoms with van der Waals surface area (Å²) in [6.07, 6.45) is -4.04. The minimum Gasteiger partial charge on any atom is -0.298 e. The van der Waals surface area contributed by atoms with Gasteiger partial charge in [0.2, 0.25) is 0 Å². The van der Waals surface area contributed by atoms with Crippen LogP contribution in [-0.2, 0) is 6.18 Å². The number of aryl methyl sites for hydroxylation is 2. The molecule has 0 bridgehead atoms. The number of aromatic nitrogens is 3. The number of thiazole rings is 1. The van der Waals surface area contributed by atoms with Crippen LogP contribution in [0.15, 0.2) is 54.0 Å². The Bertz CT molecular complexity index is 1290. The van der Waals surface area contributed by atoms with Gasteiger partial charge in [0, 0.05) is 10.9 Å². The summed E-state index contributed by atoms with van der Waals surface area (Å²) in [5.41, 5.74) is 1.62.